The summed E-state index contributed by atoms with van der Waals surface area (Å²) < 4.78 is 0. The van der Waals surface area contributed by atoms with Crippen LogP contribution in [-0.2, 0) is 37.5 Å². The summed E-state index contributed by atoms with van der Waals surface area (Å²) in [6.07, 6.45) is 17.4. The Kier molecular flexibility index (Phi) is 10.0. The van der Waals surface area contributed by atoms with Gasteiger partial charge in [-0.3, -0.25) is 0 Å². The molecule has 0 amide bonds. The van der Waals surface area contributed by atoms with Gasteiger partial charge in [0.1, 0.15) is 0 Å². The molecule has 0 aliphatic heterocycles. The van der Waals surface area contributed by atoms with E-state index in [2.05, 4.69) is 45.9 Å². The Labute approximate surface area is 161 Å². The molecule has 2 heteroatoms. The van der Waals surface area contributed by atoms with Crippen molar-refractivity contribution in [2.24, 2.45) is 5.41 Å². The second-order valence-corrected chi connectivity index (χ2v) is 6.54. The molecule has 0 spiro atoms. The minimum atomic E-state index is 0. The van der Waals surface area contributed by atoms with Crippen LogP contribution in [0.15, 0.2) is 58.7 Å². The predicted octanol–water partition coefficient (Wildman–Crippen LogP) is 5.63. The first-order valence-corrected chi connectivity index (χ1v) is 7.64. The molecular formula is C20H27OY+2. The molecule has 1 rings (SSSR count). The molecule has 0 bridgehead atoms. The van der Waals surface area contributed by atoms with Crippen LogP contribution in [0.1, 0.15) is 53.9 Å². The number of hydrogen-bond acceptors (Lipinski definition) is 1. The number of carbonyl (C=O) groups excluding carboxylic acids is 1. The first-order chi connectivity index (χ1) is 9.86. The fourth-order valence-corrected chi connectivity index (χ4v) is 2.77. The molecule has 0 saturated heterocycles. The third kappa shape index (κ3) is 7.16. The van der Waals surface area contributed by atoms with E-state index >= 15 is 0 Å². The van der Waals surface area contributed by atoms with Crippen LogP contribution in [0.25, 0.3) is 0 Å². The summed E-state index contributed by atoms with van der Waals surface area (Å²) >= 11 is 0. The minimum absolute atomic E-state index is 0. The zero-order chi connectivity index (χ0) is 15.9. The van der Waals surface area contributed by atoms with E-state index in [1.165, 1.54) is 42.1 Å². The molecular weight excluding hydrogens is 345 g/mol. The topological polar surface area (TPSA) is 17.1 Å². The molecule has 0 aromatic carbocycles. The monoisotopic (exact) mass is 372 g/mol. The van der Waals surface area contributed by atoms with E-state index < -0.39 is 0 Å². The molecule has 0 unspecified atom stereocenters. The van der Waals surface area contributed by atoms with Crippen LogP contribution in [0.5, 0.6) is 0 Å². The molecule has 0 aromatic heterocycles. The fraction of sp³-hybridized carbons (Fsp3) is 0.450. The standard InChI is InChI=1S/C20H27O.Y/c1-16(8-6-9-17(2)13-15-21)11-12-19-18(3)10-7-14-20(19,4)5;/h6,8-9,11-13H,7,10,14H2,1-5H3;/q-1;+3/b9-6+,12-11+,16-8+,17-13+;. The Morgan fingerprint density at radius 3 is 2.45 bits per heavy atom. The van der Waals surface area contributed by atoms with Gasteiger partial charge in [0, 0.05) is 0 Å². The van der Waals surface area contributed by atoms with Crippen LogP contribution < -0.4 is 0 Å². The maximum absolute atomic E-state index is 10.2. The summed E-state index contributed by atoms with van der Waals surface area (Å²) in [7, 11) is 0. The Balaban J connectivity index is 0.00000441. The third-order valence-corrected chi connectivity index (χ3v) is 4.06. The van der Waals surface area contributed by atoms with E-state index in [9.17, 15) is 4.79 Å². The SMILES string of the molecule is CC1=C(/C=C/C(C)=C/C=C/C(C)=C/[C-]=O)C(C)(C)CCC1.[Y+3]. The van der Waals surface area contributed by atoms with Gasteiger partial charge in [-0.1, -0.05) is 49.3 Å². The Morgan fingerprint density at radius 1 is 1.18 bits per heavy atom. The largest absolute Gasteiger partial charge is 3.00 e. The van der Waals surface area contributed by atoms with Gasteiger partial charge in [0.15, 0.2) is 0 Å². The zero-order valence-electron chi connectivity index (χ0n) is 14.6. The first kappa shape index (κ1) is 21.5. The number of rotatable bonds is 5. The van der Waals surface area contributed by atoms with Gasteiger partial charge in [0.05, 0.1) is 0 Å². The molecule has 0 radical (unpaired) electrons. The average Bonchev–Trinajstić information content (AvgIpc) is 2.37. The molecule has 0 saturated carbocycles. The molecule has 1 nitrogen and oxygen atoms in total. The van der Waals surface area contributed by atoms with Gasteiger partial charge in [-0.05, 0) is 50.4 Å². The maximum atomic E-state index is 10.2. The molecule has 0 N–H and O–H groups in total. The molecule has 0 fully saturated rings. The summed E-state index contributed by atoms with van der Waals surface area (Å²) in [6.45, 7) is 10.9. The second kappa shape index (κ2) is 10.3. The van der Waals surface area contributed by atoms with E-state index in [0.29, 0.717) is 0 Å². The van der Waals surface area contributed by atoms with Crippen LogP contribution in [0.4, 0.5) is 0 Å². The van der Waals surface area contributed by atoms with Gasteiger partial charge < -0.3 is 4.79 Å². The Bertz CT molecular complexity index is 528. The molecule has 0 heterocycles. The maximum Gasteiger partial charge on any atom is 3.00 e. The van der Waals surface area contributed by atoms with Crippen molar-refractivity contribution in [1.29, 1.82) is 0 Å². The van der Waals surface area contributed by atoms with Gasteiger partial charge in [-0.25, -0.2) is 0 Å². The average molecular weight is 372 g/mol. The van der Waals surface area contributed by atoms with Gasteiger partial charge in [0.2, 0.25) is 0 Å². The summed E-state index contributed by atoms with van der Waals surface area (Å²) in [5.74, 6) is 0. The minimum Gasteiger partial charge on any atom is -0.419 e. The van der Waals surface area contributed by atoms with Crippen molar-refractivity contribution in [1.82, 2.24) is 0 Å². The van der Waals surface area contributed by atoms with Gasteiger partial charge in [0.25, 0.3) is 0 Å². The van der Waals surface area contributed by atoms with Crippen molar-refractivity contribution in [2.45, 2.75) is 53.9 Å². The van der Waals surface area contributed by atoms with Crippen molar-refractivity contribution in [3.05, 3.63) is 58.7 Å². The molecule has 1 aliphatic rings. The van der Waals surface area contributed by atoms with E-state index in [1.54, 1.807) is 6.29 Å². The van der Waals surface area contributed by atoms with Crippen molar-refractivity contribution >= 4 is 6.29 Å². The van der Waals surface area contributed by atoms with Crippen molar-refractivity contribution in [3.8, 4) is 0 Å². The quantitative estimate of drug-likeness (QED) is 0.348. The predicted molar refractivity (Wildman–Crippen MR) is 91.8 cm³/mol. The number of allylic oxidation sites excluding steroid dienone is 10. The molecule has 22 heavy (non-hydrogen) atoms. The zero-order valence-corrected chi connectivity index (χ0v) is 17.4. The van der Waals surface area contributed by atoms with Crippen LogP contribution in [-0.4, -0.2) is 6.29 Å². The van der Waals surface area contributed by atoms with Crippen molar-refractivity contribution in [2.75, 3.05) is 0 Å². The molecule has 1 aliphatic carbocycles. The van der Waals surface area contributed by atoms with E-state index in [0.717, 1.165) is 5.57 Å². The van der Waals surface area contributed by atoms with Crippen molar-refractivity contribution in [3.63, 3.8) is 0 Å². The Hall–Kier alpha value is -0.526. The number of hydrogen-bond donors (Lipinski definition) is 0. The smallest absolute Gasteiger partial charge is 0.419 e. The fourth-order valence-electron chi connectivity index (χ4n) is 2.77. The van der Waals surface area contributed by atoms with Gasteiger partial charge >= 0.3 is 32.7 Å². The van der Waals surface area contributed by atoms with E-state index in [1.807, 2.05) is 19.1 Å². The third-order valence-electron chi connectivity index (χ3n) is 4.06. The van der Waals surface area contributed by atoms with E-state index in [-0.39, 0.29) is 38.1 Å². The molecule has 114 valence electrons. The summed E-state index contributed by atoms with van der Waals surface area (Å²) in [5, 5.41) is 0. The first-order valence-electron chi connectivity index (χ1n) is 7.64. The van der Waals surface area contributed by atoms with Crippen LogP contribution >= 0.6 is 0 Å². The van der Waals surface area contributed by atoms with Crippen LogP contribution in [0.2, 0.25) is 0 Å². The summed E-state index contributed by atoms with van der Waals surface area (Å²) in [6, 6.07) is 0. The summed E-state index contributed by atoms with van der Waals surface area (Å²) in [4.78, 5) is 10.2. The normalized spacial score (nSPS) is 19.7. The van der Waals surface area contributed by atoms with Crippen LogP contribution in [0.3, 0.4) is 0 Å². The molecule has 0 aromatic rings. The van der Waals surface area contributed by atoms with Crippen LogP contribution in [0, 0.1) is 5.41 Å². The van der Waals surface area contributed by atoms with Gasteiger partial charge in [-0.2, -0.15) is 11.6 Å². The summed E-state index contributed by atoms with van der Waals surface area (Å²) in [5.41, 5.74) is 5.40. The Morgan fingerprint density at radius 2 is 1.86 bits per heavy atom. The van der Waals surface area contributed by atoms with E-state index in [4.69, 9.17) is 0 Å². The van der Waals surface area contributed by atoms with Crippen molar-refractivity contribution < 1.29 is 37.5 Å². The molecule has 0 atom stereocenters. The van der Waals surface area contributed by atoms with Gasteiger partial charge in [-0.15, -0.1) is 13.0 Å². The second-order valence-electron chi connectivity index (χ2n) is 6.54.